The molecule has 0 aromatic rings. The van der Waals surface area contributed by atoms with Gasteiger partial charge in [-0.2, -0.15) is 0 Å². The van der Waals surface area contributed by atoms with Crippen LogP contribution < -0.4 is 5.32 Å². The summed E-state index contributed by atoms with van der Waals surface area (Å²) in [5.41, 5.74) is 0. The van der Waals surface area contributed by atoms with Crippen LogP contribution in [-0.4, -0.2) is 46.1 Å². The van der Waals surface area contributed by atoms with Crippen molar-refractivity contribution in [3.63, 3.8) is 0 Å². The van der Waals surface area contributed by atoms with Gasteiger partial charge >= 0.3 is 0 Å². The minimum Gasteiger partial charge on any atom is -0.394 e. The van der Waals surface area contributed by atoms with Crippen molar-refractivity contribution in [2.45, 2.75) is 276 Å². The van der Waals surface area contributed by atoms with Gasteiger partial charge in [0.05, 0.1) is 18.8 Å². The third-order valence-corrected chi connectivity index (χ3v) is 11.1. The topological polar surface area (TPSA) is 89.8 Å². The highest BCUT2D eigenvalue weighted by Crippen LogP contribution is 2.17. The number of hydrogen-bond donors (Lipinski definition) is 4. The molecule has 0 spiro atoms. The van der Waals surface area contributed by atoms with Gasteiger partial charge in [-0.05, 0) is 19.3 Å². The number of aliphatic hydroxyl groups excluding tert-OH is 3. The summed E-state index contributed by atoms with van der Waals surface area (Å²) in [5.74, 6) is -0.501. The van der Waals surface area contributed by atoms with Gasteiger partial charge in [-0.25, -0.2) is 0 Å². The van der Waals surface area contributed by atoms with Crippen LogP contribution in [0.1, 0.15) is 258 Å². The fourth-order valence-corrected chi connectivity index (χ4v) is 7.42. The lowest BCUT2D eigenvalue weighted by atomic mass is 10.0. The maximum atomic E-state index is 12.4. The zero-order valence-electron chi connectivity index (χ0n) is 35.2. The molecule has 0 bridgehead atoms. The predicted molar refractivity (Wildman–Crippen MR) is 227 cm³/mol. The maximum Gasteiger partial charge on any atom is 0.249 e. The highest BCUT2D eigenvalue weighted by Gasteiger charge is 2.22. The Balaban J connectivity index is 3.46. The third-order valence-electron chi connectivity index (χ3n) is 11.1. The van der Waals surface area contributed by atoms with Gasteiger partial charge in [0.15, 0.2) is 0 Å². The quantitative estimate of drug-likeness (QED) is 0.0371. The molecule has 0 aliphatic rings. The number of aliphatic hydroxyl groups is 3. The SMILES string of the molecule is CCCCCCCCC/C=C/C(O)C(CO)NC(=O)C(O)CCCCCCCCCCCCCCCCCCCCCCCCCCCCCCC. The molecule has 0 fully saturated rings. The molecule has 0 saturated heterocycles. The summed E-state index contributed by atoms with van der Waals surface area (Å²) < 4.78 is 0. The largest absolute Gasteiger partial charge is 0.394 e. The smallest absolute Gasteiger partial charge is 0.249 e. The molecule has 52 heavy (non-hydrogen) atoms. The Kier molecular flexibility index (Phi) is 42.1. The Morgan fingerprint density at radius 1 is 0.462 bits per heavy atom. The molecule has 1 amide bonds. The van der Waals surface area contributed by atoms with Crippen molar-refractivity contribution in [2.75, 3.05) is 6.61 Å². The molecule has 5 heteroatoms. The highest BCUT2D eigenvalue weighted by atomic mass is 16.3. The van der Waals surface area contributed by atoms with Crippen molar-refractivity contribution in [3.05, 3.63) is 12.2 Å². The number of hydrogen-bond acceptors (Lipinski definition) is 4. The number of carbonyl (C=O) groups excluding carboxylic acids is 1. The monoisotopic (exact) mass is 736 g/mol. The minimum absolute atomic E-state index is 0.360. The minimum atomic E-state index is -1.09. The summed E-state index contributed by atoms with van der Waals surface area (Å²) in [5, 5.41) is 33.0. The molecule has 0 heterocycles. The lowest BCUT2D eigenvalue weighted by Gasteiger charge is -2.21. The summed E-state index contributed by atoms with van der Waals surface area (Å²) in [6, 6.07) is -0.791. The maximum absolute atomic E-state index is 12.4. The number of allylic oxidation sites excluding steroid dienone is 1. The Labute approximate surface area is 325 Å². The third kappa shape index (κ3) is 37.4. The van der Waals surface area contributed by atoms with Gasteiger partial charge in [0.25, 0.3) is 0 Å². The molecule has 5 nitrogen and oxygen atoms in total. The van der Waals surface area contributed by atoms with Crippen LogP contribution in [0.2, 0.25) is 0 Å². The predicted octanol–water partition coefficient (Wildman–Crippen LogP) is 13.6. The molecule has 3 unspecified atom stereocenters. The lowest BCUT2D eigenvalue weighted by Crippen LogP contribution is -2.48. The number of carbonyl (C=O) groups is 1. The second kappa shape index (κ2) is 42.8. The summed E-state index contributed by atoms with van der Waals surface area (Å²) in [4.78, 5) is 12.4. The van der Waals surface area contributed by atoms with Crippen molar-refractivity contribution >= 4 is 5.91 Å². The number of unbranched alkanes of at least 4 members (excludes halogenated alkanes) is 35. The molecule has 3 atom stereocenters. The summed E-state index contributed by atoms with van der Waals surface area (Å²) in [7, 11) is 0. The van der Waals surface area contributed by atoms with E-state index in [-0.39, 0.29) is 6.61 Å². The van der Waals surface area contributed by atoms with E-state index in [0.29, 0.717) is 6.42 Å². The molecule has 310 valence electrons. The molecule has 0 rings (SSSR count). The van der Waals surface area contributed by atoms with Gasteiger partial charge in [0.2, 0.25) is 5.91 Å². The van der Waals surface area contributed by atoms with Crippen molar-refractivity contribution < 1.29 is 20.1 Å². The average Bonchev–Trinajstić information content (AvgIpc) is 3.15. The van der Waals surface area contributed by atoms with Crippen LogP contribution in [-0.2, 0) is 4.79 Å². The Hall–Kier alpha value is -0.910. The van der Waals surface area contributed by atoms with Gasteiger partial charge < -0.3 is 20.6 Å². The molecule has 0 aromatic carbocycles. The summed E-state index contributed by atoms with van der Waals surface area (Å²) in [6.07, 6.45) is 51.4. The number of nitrogens with one attached hydrogen (secondary N) is 1. The second-order valence-corrected chi connectivity index (χ2v) is 16.3. The van der Waals surface area contributed by atoms with E-state index in [1.807, 2.05) is 6.08 Å². The second-order valence-electron chi connectivity index (χ2n) is 16.3. The van der Waals surface area contributed by atoms with E-state index in [4.69, 9.17) is 0 Å². The van der Waals surface area contributed by atoms with Crippen LogP contribution in [0.5, 0.6) is 0 Å². The first kappa shape index (κ1) is 51.1. The first-order chi connectivity index (χ1) is 25.6. The molecular weight excluding hydrogens is 643 g/mol. The van der Waals surface area contributed by atoms with Gasteiger partial charge in [-0.3, -0.25) is 4.79 Å². The van der Waals surface area contributed by atoms with E-state index in [1.165, 1.54) is 205 Å². The van der Waals surface area contributed by atoms with Crippen molar-refractivity contribution in [1.29, 1.82) is 0 Å². The van der Waals surface area contributed by atoms with Crippen molar-refractivity contribution in [3.8, 4) is 0 Å². The van der Waals surface area contributed by atoms with Gasteiger partial charge in [-0.15, -0.1) is 0 Å². The summed E-state index contributed by atoms with van der Waals surface area (Å²) >= 11 is 0. The van der Waals surface area contributed by atoms with E-state index < -0.39 is 24.2 Å². The molecular formula is C47H93NO4. The van der Waals surface area contributed by atoms with E-state index in [1.54, 1.807) is 6.08 Å². The van der Waals surface area contributed by atoms with Crippen LogP contribution in [0.4, 0.5) is 0 Å². The highest BCUT2D eigenvalue weighted by molar-refractivity contribution is 5.80. The normalized spacial score (nSPS) is 13.6. The molecule has 0 aliphatic carbocycles. The van der Waals surface area contributed by atoms with Crippen LogP contribution in [0.15, 0.2) is 12.2 Å². The Morgan fingerprint density at radius 3 is 1.06 bits per heavy atom. The van der Waals surface area contributed by atoms with E-state index in [2.05, 4.69) is 19.2 Å². The summed E-state index contributed by atoms with van der Waals surface area (Å²) in [6.45, 7) is 4.16. The zero-order valence-corrected chi connectivity index (χ0v) is 35.2. The molecule has 0 aliphatic heterocycles. The molecule has 0 aromatic heterocycles. The lowest BCUT2D eigenvalue weighted by molar-refractivity contribution is -0.131. The van der Waals surface area contributed by atoms with Crippen LogP contribution in [0, 0.1) is 0 Å². The van der Waals surface area contributed by atoms with E-state index in [0.717, 1.165) is 32.1 Å². The number of amides is 1. The van der Waals surface area contributed by atoms with E-state index >= 15 is 0 Å². The molecule has 0 radical (unpaired) electrons. The Bertz CT molecular complexity index is 728. The zero-order chi connectivity index (χ0) is 38.0. The first-order valence-electron chi connectivity index (χ1n) is 23.5. The van der Waals surface area contributed by atoms with Crippen LogP contribution in [0.25, 0.3) is 0 Å². The molecule has 4 N–H and O–H groups in total. The van der Waals surface area contributed by atoms with Gasteiger partial charge in [0, 0.05) is 0 Å². The van der Waals surface area contributed by atoms with Gasteiger partial charge in [-0.1, -0.05) is 251 Å². The van der Waals surface area contributed by atoms with Gasteiger partial charge in [0.1, 0.15) is 6.10 Å². The first-order valence-corrected chi connectivity index (χ1v) is 23.5. The fraction of sp³-hybridized carbons (Fsp3) is 0.936. The van der Waals surface area contributed by atoms with Crippen molar-refractivity contribution in [2.24, 2.45) is 0 Å². The van der Waals surface area contributed by atoms with Crippen LogP contribution >= 0.6 is 0 Å². The number of rotatable bonds is 43. The average molecular weight is 736 g/mol. The van der Waals surface area contributed by atoms with E-state index in [9.17, 15) is 20.1 Å². The fourth-order valence-electron chi connectivity index (χ4n) is 7.42. The standard InChI is InChI=1S/C47H93NO4/c1-3-5-7-9-11-13-14-15-16-17-18-19-20-21-22-23-24-25-26-27-28-29-30-31-32-34-36-38-40-42-46(51)47(52)48-44(43-49)45(50)41-39-37-35-33-12-10-8-6-4-2/h39,41,44-46,49-51H,3-38,40,42-43H2,1-2H3,(H,48,52)/b41-39+. The van der Waals surface area contributed by atoms with Crippen LogP contribution in [0.3, 0.4) is 0 Å². The Morgan fingerprint density at radius 2 is 0.750 bits per heavy atom. The molecule has 0 saturated carbocycles. The van der Waals surface area contributed by atoms with Crippen molar-refractivity contribution in [1.82, 2.24) is 5.32 Å².